The number of hydrogen-bond acceptors (Lipinski definition) is 7. The minimum atomic E-state index is -0.892. The van der Waals surface area contributed by atoms with Gasteiger partial charge in [0.1, 0.15) is 18.3 Å². The van der Waals surface area contributed by atoms with Gasteiger partial charge in [-0.15, -0.1) is 0 Å². The van der Waals surface area contributed by atoms with E-state index in [2.05, 4.69) is 10.3 Å². The highest BCUT2D eigenvalue weighted by molar-refractivity contribution is 5.62. The summed E-state index contributed by atoms with van der Waals surface area (Å²) in [6, 6.07) is 11.6. The van der Waals surface area contributed by atoms with Crippen LogP contribution in [0.4, 0.5) is 5.69 Å². The monoisotopic (exact) mass is 413 g/mol. The van der Waals surface area contributed by atoms with E-state index in [1.165, 1.54) is 0 Å². The largest absolute Gasteiger partial charge is 0.382 e. The highest BCUT2D eigenvalue weighted by atomic mass is 16.7. The lowest BCUT2D eigenvalue weighted by Crippen LogP contribution is -2.55. The number of hydroxylamine groups is 3. The Bertz CT molecular complexity index is 908. The van der Waals surface area contributed by atoms with Crippen molar-refractivity contribution in [2.45, 2.75) is 32.3 Å². The highest BCUT2D eigenvalue weighted by Gasteiger charge is 2.60. The van der Waals surface area contributed by atoms with E-state index in [0.717, 1.165) is 28.2 Å². The molecule has 0 saturated carbocycles. The fraction of sp³-hybridized carbons (Fsp3) is 0.455. The molecule has 0 bridgehead atoms. The van der Waals surface area contributed by atoms with Crippen LogP contribution in [0.5, 0.6) is 0 Å². The van der Waals surface area contributed by atoms with Crippen LogP contribution in [-0.2, 0) is 14.3 Å². The summed E-state index contributed by atoms with van der Waals surface area (Å²) < 4.78 is 10.4. The summed E-state index contributed by atoms with van der Waals surface area (Å²) in [5.74, 6) is 0. The van der Waals surface area contributed by atoms with Crippen molar-refractivity contribution in [2.75, 3.05) is 33.5 Å². The van der Waals surface area contributed by atoms with Crippen LogP contribution >= 0.6 is 0 Å². The number of nitrogens with zero attached hydrogens (tertiary/aromatic N) is 3. The van der Waals surface area contributed by atoms with Gasteiger partial charge < -0.3 is 14.6 Å². The Labute approximate surface area is 176 Å². The zero-order valence-corrected chi connectivity index (χ0v) is 17.6. The molecule has 4 rings (SSSR count). The van der Waals surface area contributed by atoms with Crippen LogP contribution in [-0.4, -0.2) is 60.8 Å². The summed E-state index contributed by atoms with van der Waals surface area (Å²) in [7, 11) is 1.64. The Morgan fingerprint density at radius 2 is 1.87 bits per heavy atom. The number of fused-ring (bicyclic) bond motifs is 3. The molecule has 0 radical (unpaired) electrons. The van der Waals surface area contributed by atoms with Crippen LogP contribution in [0, 0.1) is 13.8 Å². The van der Waals surface area contributed by atoms with Gasteiger partial charge in [-0.05, 0) is 31.0 Å². The third-order valence-corrected chi connectivity index (χ3v) is 5.70. The Kier molecular flexibility index (Phi) is 6.24. The van der Waals surface area contributed by atoms with Crippen LogP contribution in [0.15, 0.2) is 41.4 Å². The second kappa shape index (κ2) is 8.89. The van der Waals surface area contributed by atoms with E-state index >= 15 is 0 Å². The summed E-state index contributed by atoms with van der Waals surface area (Å²) in [6.45, 7) is 5.71. The fourth-order valence-electron chi connectivity index (χ4n) is 3.94. The normalized spacial score (nSPS) is 27.1. The standard InChI is InChI=1S/C22H29N4O4/c1-15-13-18-20(24-16(15)2)21-25-19(17-7-5-4-6-8-17)22(27)26(21,14-23-18)30-12-11-29-10-9-28-3/h4-8,13-14,19,21-22,25,27H,9-12H2,1-3H3/q+1/t19-,21?,22-,26-/m1/s1. The molecule has 0 spiro atoms. The average molecular weight is 413 g/mol. The van der Waals surface area contributed by atoms with E-state index in [0.29, 0.717) is 26.4 Å². The number of quaternary nitrogens is 1. The molecule has 0 amide bonds. The topological polar surface area (TPSA) is 85.2 Å². The van der Waals surface area contributed by atoms with Crippen LogP contribution < -0.4 is 5.32 Å². The lowest BCUT2D eigenvalue weighted by Gasteiger charge is -2.36. The molecule has 1 aromatic heterocycles. The number of aromatic nitrogens is 1. The van der Waals surface area contributed by atoms with E-state index in [1.807, 2.05) is 50.2 Å². The number of methoxy groups -OCH3 is 1. The Morgan fingerprint density at radius 3 is 2.63 bits per heavy atom. The number of nitrogens with one attached hydrogen (secondary N) is 1. The van der Waals surface area contributed by atoms with Gasteiger partial charge in [-0.2, -0.15) is 9.83 Å². The molecular weight excluding hydrogens is 384 g/mol. The van der Waals surface area contributed by atoms with Gasteiger partial charge in [-0.3, -0.25) is 0 Å². The van der Waals surface area contributed by atoms with E-state index in [9.17, 15) is 5.11 Å². The first-order valence-electron chi connectivity index (χ1n) is 10.2. The number of aliphatic hydroxyl groups excluding tert-OH is 1. The zero-order valence-electron chi connectivity index (χ0n) is 17.6. The van der Waals surface area contributed by atoms with Crippen molar-refractivity contribution in [3.8, 4) is 0 Å². The maximum absolute atomic E-state index is 11.4. The van der Waals surface area contributed by atoms with Crippen molar-refractivity contribution in [3.63, 3.8) is 0 Å². The third kappa shape index (κ3) is 3.78. The molecule has 0 aliphatic carbocycles. The minimum absolute atomic E-state index is 0.185. The van der Waals surface area contributed by atoms with Crippen molar-refractivity contribution in [1.82, 2.24) is 10.3 Å². The molecule has 3 heterocycles. The molecule has 2 aromatic rings. The van der Waals surface area contributed by atoms with Crippen LogP contribution in [0.2, 0.25) is 0 Å². The molecule has 4 atom stereocenters. The molecule has 2 N–H and O–H groups in total. The summed E-state index contributed by atoms with van der Waals surface area (Å²) in [6.07, 6.45) is 0.409. The predicted octanol–water partition coefficient (Wildman–Crippen LogP) is 2.44. The van der Waals surface area contributed by atoms with Crippen molar-refractivity contribution < 1.29 is 24.1 Å². The predicted molar refractivity (Wildman–Crippen MR) is 112 cm³/mol. The molecular formula is C22H29N4O4+. The maximum atomic E-state index is 11.4. The smallest absolute Gasteiger partial charge is 0.248 e. The lowest BCUT2D eigenvalue weighted by molar-refractivity contribution is -1.08. The highest BCUT2D eigenvalue weighted by Crippen LogP contribution is 2.46. The number of rotatable bonds is 8. The van der Waals surface area contributed by atoms with E-state index in [-0.39, 0.29) is 16.9 Å². The second-order valence-corrected chi connectivity index (χ2v) is 7.61. The molecule has 2 aliphatic rings. The van der Waals surface area contributed by atoms with Crippen molar-refractivity contribution >= 4 is 12.0 Å². The molecule has 160 valence electrons. The van der Waals surface area contributed by atoms with Gasteiger partial charge in [0, 0.05) is 12.8 Å². The number of pyridine rings is 1. The van der Waals surface area contributed by atoms with Gasteiger partial charge in [0.2, 0.25) is 18.7 Å². The number of aliphatic hydroxyl groups is 1. The van der Waals surface area contributed by atoms with Gasteiger partial charge in [0.15, 0.2) is 0 Å². The molecule has 2 aliphatic heterocycles. The quantitative estimate of drug-likeness (QED) is 0.511. The van der Waals surface area contributed by atoms with Crippen molar-refractivity contribution in [2.24, 2.45) is 4.99 Å². The van der Waals surface area contributed by atoms with Crippen LogP contribution in [0.1, 0.15) is 34.7 Å². The van der Waals surface area contributed by atoms with Gasteiger partial charge in [-0.1, -0.05) is 35.0 Å². The molecule has 1 saturated heterocycles. The van der Waals surface area contributed by atoms with Gasteiger partial charge in [0.05, 0.1) is 25.5 Å². The minimum Gasteiger partial charge on any atom is -0.382 e. The maximum Gasteiger partial charge on any atom is 0.248 e. The van der Waals surface area contributed by atoms with Crippen LogP contribution in [0.3, 0.4) is 0 Å². The number of aliphatic imine (C=N–C) groups is 1. The zero-order chi connectivity index (χ0) is 21.1. The van der Waals surface area contributed by atoms with Gasteiger partial charge in [0.25, 0.3) is 0 Å². The SMILES string of the molecule is COCCOCCO[N@+]12C=Nc3cc(C)c(C)nc3C1N[C@H](c1ccccc1)[C@H]2O. The van der Waals surface area contributed by atoms with E-state index in [4.69, 9.17) is 19.3 Å². The summed E-state index contributed by atoms with van der Waals surface area (Å²) in [5, 5.41) is 14.9. The number of benzene rings is 1. The fourth-order valence-corrected chi connectivity index (χ4v) is 3.94. The Morgan fingerprint density at radius 1 is 1.10 bits per heavy atom. The number of aryl methyl sites for hydroxylation is 2. The Hall–Kier alpha value is -2.20. The first kappa shape index (κ1) is 21.0. The Balaban J connectivity index is 1.64. The first-order chi connectivity index (χ1) is 14.6. The third-order valence-electron chi connectivity index (χ3n) is 5.70. The van der Waals surface area contributed by atoms with Gasteiger partial charge in [-0.25, -0.2) is 10.3 Å². The van der Waals surface area contributed by atoms with E-state index in [1.54, 1.807) is 13.4 Å². The molecule has 30 heavy (non-hydrogen) atoms. The number of hydrogen-bond donors (Lipinski definition) is 2. The van der Waals surface area contributed by atoms with Gasteiger partial charge >= 0.3 is 0 Å². The van der Waals surface area contributed by atoms with Crippen molar-refractivity contribution in [3.05, 3.63) is 58.9 Å². The summed E-state index contributed by atoms with van der Waals surface area (Å²) >= 11 is 0. The summed E-state index contributed by atoms with van der Waals surface area (Å²) in [5.41, 5.74) is 4.57. The molecule has 1 fully saturated rings. The number of ether oxygens (including phenoxy) is 2. The average Bonchev–Trinajstić information content (AvgIpc) is 3.05. The molecule has 8 heteroatoms. The molecule has 1 aromatic carbocycles. The summed E-state index contributed by atoms with van der Waals surface area (Å²) in [4.78, 5) is 15.7. The van der Waals surface area contributed by atoms with E-state index < -0.39 is 6.23 Å². The second-order valence-electron chi connectivity index (χ2n) is 7.61. The molecule has 1 unspecified atom stereocenters. The van der Waals surface area contributed by atoms with Crippen LogP contribution in [0.25, 0.3) is 0 Å². The lowest BCUT2D eigenvalue weighted by atomic mass is 10.1. The first-order valence-corrected chi connectivity index (χ1v) is 10.2. The van der Waals surface area contributed by atoms with Crippen molar-refractivity contribution in [1.29, 1.82) is 0 Å². The molecule has 8 nitrogen and oxygen atoms in total.